The van der Waals surface area contributed by atoms with Crippen molar-refractivity contribution in [1.82, 2.24) is 5.32 Å². The molecule has 0 aliphatic carbocycles. The molecule has 0 spiro atoms. The molecule has 17 heavy (non-hydrogen) atoms. The monoisotopic (exact) mass is 241 g/mol. The molecule has 0 saturated heterocycles. The molecule has 0 aliphatic rings. The summed E-state index contributed by atoms with van der Waals surface area (Å²) in [6, 6.07) is 0. The Bertz CT molecular complexity index is 173. The van der Waals surface area contributed by atoms with Gasteiger partial charge in [0.1, 0.15) is 0 Å². The highest BCUT2D eigenvalue weighted by atomic mass is 14.9. The van der Waals surface area contributed by atoms with Gasteiger partial charge in [-0.2, -0.15) is 0 Å². The standard InChI is InChI=1S/C16H35N/c1-9-13(15(3,4)5)11-17-12-14(10-2)16(6,7)8/h13-14,17H,9-12H2,1-8H3. The highest BCUT2D eigenvalue weighted by Crippen LogP contribution is 2.29. The van der Waals surface area contributed by atoms with Crippen molar-refractivity contribution in [2.24, 2.45) is 22.7 Å². The summed E-state index contributed by atoms with van der Waals surface area (Å²) in [4.78, 5) is 0. The van der Waals surface area contributed by atoms with Gasteiger partial charge in [0.05, 0.1) is 0 Å². The average Bonchev–Trinajstić information content (AvgIpc) is 2.13. The maximum Gasteiger partial charge on any atom is -0.00155 e. The van der Waals surface area contributed by atoms with E-state index in [1.54, 1.807) is 0 Å². The second-order valence-corrected chi connectivity index (χ2v) is 7.60. The predicted molar refractivity (Wildman–Crippen MR) is 79.3 cm³/mol. The number of hydrogen-bond donors (Lipinski definition) is 1. The molecule has 0 heterocycles. The smallest absolute Gasteiger partial charge is 0.00155 e. The van der Waals surface area contributed by atoms with Crippen LogP contribution < -0.4 is 5.32 Å². The number of hydrogen-bond acceptors (Lipinski definition) is 1. The van der Waals surface area contributed by atoms with E-state index in [1.807, 2.05) is 0 Å². The lowest BCUT2D eigenvalue weighted by Crippen LogP contribution is -2.37. The first kappa shape index (κ1) is 17.0. The van der Waals surface area contributed by atoms with Crippen LogP contribution >= 0.6 is 0 Å². The lowest BCUT2D eigenvalue weighted by atomic mass is 9.77. The van der Waals surface area contributed by atoms with Crippen molar-refractivity contribution in [2.75, 3.05) is 13.1 Å². The molecule has 0 amide bonds. The van der Waals surface area contributed by atoms with Gasteiger partial charge in [-0.05, 0) is 35.8 Å². The van der Waals surface area contributed by atoms with Gasteiger partial charge in [0.2, 0.25) is 0 Å². The molecule has 0 aromatic heterocycles. The van der Waals surface area contributed by atoms with Gasteiger partial charge in [-0.1, -0.05) is 68.2 Å². The molecule has 1 N–H and O–H groups in total. The number of rotatable bonds is 6. The van der Waals surface area contributed by atoms with E-state index < -0.39 is 0 Å². The van der Waals surface area contributed by atoms with Gasteiger partial charge in [0, 0.05) is 0 Å². The van der Waals surface area contributed by atoms with Gasteiger partial charge in [-0.3, -0.25) is 0 Å². The molecular weight excluding hydrogens is 206 g/mol. The van der Waals surface area contributed by atoms with E-state index in [2.05, 4.69) is 60.7 Å². The fourth-order valence-corrected chi connectivity index (χ4v) is 2.56. The molecule has 0 bridgehead atoms. The Morgan fingerprint density at radius 1 is 0.706 bits per heavy atom. The fourth-order valence-electron chi connectivity index (χ4n) is 2.56. The maximum absolute atomic E-state index is 3.70. The zero-order chi connectivity index (χ0) is 13.7. The molecular formula is C16H35N. The van der Waals surface area contributed by atoms with E-state index in [9.17, 15) is 0 Å². The first-order chi connectivity index (χ1) is 7.62. The minimum atomic E-state index is 0.422. The normalized spacial score (nSPS) is 16.9. The summed E-state index contributed by atoms with van der Waals surface area (Å²) in [5.74, 6) is 1.56. The molecule has 1 nitrogen and oxygen atoms in total. The molecule has 0 rings (SSSR count). The Kier molecular flexibility index (Phi) is 6.76. The Morgan fingerprint density at radius 3 is 1.18 bits per heavy atom. The largest absolute Gasteiger partial charge is 0.316 e. The predicted octanol–water partition coefficient (Wildman–Crippen LogP) is 4.72. The van der Waals surface area contributed by atoms with Crippen LogP contribution in [0.5, 0.6) is 0 Å². The molecule has 104 valence electrons. The van der Waals surface area contributed by atoms with E-state index in [0.717, 1.165) is 24.9 Å². The quantitative estimate of drug-likeness (QED) is 0.709. The minimum absolute atomic E-state index is 0.422. The van der Waals surface area contributed by atoms with E-state index in [0.29, 0.717) is 10.8 Å². The van der Waals surface area contributed by atoms with Crippen LogP contribution in [-0.2, 0) is 0 Å². The van der Waals surface area contributed by atoms with Crippen molar-refractivity contribution < 1.29 is 0 Å². The topological polar surface area (TPSA) is 12.0 Å². The maximum atomic E-state index is 3.70. The SMILES string of the molecule is CCC(CNCC(CC)C(C)(C)C)C(C)(C)C. The second-order valence-electron chi connectivity index (χ2n) is 7.60. The van der Waals surface area contributed by atoms with Gasteiger partial charge in [0.25, 0.3) is 0 Å². The summed E-state index contributed by atoms with van der Waals surface area (Å²) in [6.07, 6.45) is 2.53. The molecule has 2 unspecified atom stereocenters. The first-order valence-electron chi connectivity index (χ1n) is 7.33. The summed E-state index contributed by atoms with van der Waals surface area (Å²) in [5, 5.41) is 3.70. The Balaban J connectivity index is 4.13. The first-order valence-corrected chi connectivity index (χ1v) is 7.33. The third kappa shape index (κ3) is 6.45. The van der Waals surface area contributed by atoms with Crippen molar-refractivity contribution in [3.8, 4) is 0 Å². The molecule has 0 saturated carbocycles. The summed E-state index contributed by atoms with van der Waals surface area (Å²) >= 11 is 0. The summed E-state index contributed by atoms with van der Waals surface area (Å²) in [7, 11) is 0. The van der Waals surface area contributed by atoms with Crippen molar-refractivity contribution in [1.29, 1.82) is 0 Å². The van der Waals surface area contributed by atoms with Crippen LogP contribution in [0, 0.1) is 22.7 Å². The van der Waals surface area contributed by atoms with Crippen LogP contribution in [0.15, 0.2) is 0 Å². The Hall–Kier alpha value is -0.0400. The second kappa shape index (κ2) is 6.78. The average molecular weight is 241 g/mol. The van der Waals surface area contributed by atoms with Crippen LogP contribution in [-0.4, -0.2) is 13.1 Å². The van der Waals surface area contributed by atoms with Gasteiger partial charge in [0.15, 0.2) is 0 Å². The summed E-state index contributed by atoms with van der Waals surface area (Å²) < 4.78 is 0. The van der Waals surface area contributed by atoms with Crippen molar-refractivity contribution in [3.63, 3.8) is 0 Å². The van der Waals surface area contributed by atoms with Crippen LogP contribution in [0.25, 0.3) is 0 Å². The Morgan fingerprint density at radius 2 is 1.00 bits per heavy atom. The lowest BCUT2D eigenvalue weighted by Gasteiger charge is -2.33. The van der Waals surface area contributed by atoms with Crippen LogP contribution in [0.3, 0.4) is 0 Å². The van der Waals surface area contributed by atoms with Gasteiger partial charge >= 0.3 is 0 Å². The zero-order valence-corrected chi connectivity index (χ0v) is 13.5. The molecule has 0 aliphatic heterocycles. The molecule has 1 heteroatoms. The third-order valence-corrected chi connectivity index (χ3v) is 4.22. The molecule has 2 atom stereocenters. The highest BCUT2D eigenvalue weighted by molar-refractivity contribution is 4.78. The van der Waals surface area contributed by atoms with E-state index in [4.69, 9.17) is 0 Å². The van der Waals surface area contributed by atoms with E-state index in [1.165, 1.54) is 12.8 Å². The number of nitrogens with one attached hydrogen (secondary N) is 1. The van der Waals surface area contributed by atoms with Crippen LogP contribution in [0.4, 0.5) is 0 Å². The molecule has 0 aromatic carbocycles. The highest BCUT2D eigenvalue weighted by Gasteiger charge is 2.25. The molecule has 0 radical (unpaired) electrons. The minimum Gasteiger partial charge on any atom is -0.316 e. The summed E-state index contributed by atoms with van der Waals surface area (Å²) in [5.41, 5.74) is 0.844. The van der Waals surface area contributed by atoms with E-state index in [-0.39, 0.29) is 0 Å². The molecule has 0 fully saturated rings. The van der Waals surface area contributed by atoms with Crippen molar-refractivity contribution in [3.05, 3.63) is 0 Å². The van der Waals surface area contributed by atoms with Crippen molar-refractivity contribution >= 4 is 0 Å². The van der Waals surface area contributed by atoms with Crippen LogP contribution in [0.2, 0.25) is 0 Å². The zero-order valence-electron chi connectivity index (χ0n) is 13.5. The lowest BCUT2D eigenvalue weighted by molar-refractivity contribution is 0.194. The van der Waals surface area contributed by atoms with E-state index >= 15 is 0 Å². The van der Waals surface area contributed by atoms with Gasteiger partial charge < -0.3 is 5.32 Å². The molecule has 0 aromatic rings. The summed E-state index contributed by atoms with van der Waals surface area (Å²) in [6.45, 7) is 21.0. The third-order valence-electron chi connectivity index (χ3n) is 4.22. The van der Waals surface area contributed by atoms with Crippen LogP contribution in [0.1, 0.15) is 68.2 Å². The van der Waals surface area contributed by atoms with Crippen molar-refractivity contribution in [2.45, 2.75) is 68.2 Å². The van der Waals surface area contributed by atoms with Gasteiger partial charge in [-0.15, -0.1) is 0 Å². The Labute approximate surface area is 110 Å². The van der Waals surface area contributed by atoms with Gasteiger partial charge in [-0.25, -0.2) is 0 Å². The fraction of sp³-hybridized carbons (Fsp3) is 1.00.